The van der Waals surface area contributed by atoms with Crippen LogP contribution < -0.4 is 0 Å². The van der Waals surface area contributed by atoms with Crippen LogP contribution in [-0.4, -0.2) is 16.1 Å². The Labute approximate surface area is 90.1 Å². The highest BCUT2D eigenvalue weighted by atomic mass is 79.9. The number of thiazole rings is 1. The van der Waals surface area contributed by atoms with Crippen molar-refractivity contribution in [2.45, 2.75) is 10.7 Å². The first-order valence-corrected chi connectivity index (χ1v) is 6.08. The summed E-state index contributed by atoms with van der Waals surface area (Å²) in [6.45, 7) is 0. The molecule has 0 radical (unpaired) electrons. The summed E-state index contributed by atoms with van der Waals surface area (Å²) in [4.78, 5) is 15.1. The van der Waals surface area contributed by atoms with Crippen LogP contribution in [0.1, 0.15) is 20.4 Å². The van der Waals surface area contributed by atoms with E-state index < -0.39 is 5.97 Å². The maximum Gasteiger partial charge on any atom is 0.347 e. The Bertz CT molecular complexity index is 300. The molecule has 0 saturated heterocycles. The van der Waals surface area contributed by atoms with Crippen LogP contribution in [0.4, 0.5) is 0 Å². The van der Waals surface area contributed by atoms with Gasteiger partial charge in [-0.3, -0.25) is 0 Å². The van der Waals surface area contributed by atoms with E-state index in [1.165, 1.54) is 11.3 Å². The van der Waals surface area contributed by atoms with Gasteiger partial charge in [0.2, 0.25) is 0 Å². The van der Waals surface area contributed by atoms with Crippen LogP contribution in [0.5, 0.6) is 0 Å². The van der Waals surface area contributed by atoms with Gasteiger partial charge in [-0.1, -0.05) is 31.9 Å². The quantitative estimate of drug-likeness (QED) is 0.873. The van der Waals surface area contributed by atoms with Gasteiger partial charge in [-0.15, -0.1) is 11.3 Å². The monoisotopic (exact) mass is 313 g/mol. The molecule has 66 valence electrons. The predicted molar refractivity (Wildman–Crippen MR) is 54.3 cm³/mol. The molecule has 3 nitrogen and oxygen atoms in total. The smallest absolute Gasteiger partial charge is 0.347 e. The second-order valence-electron chi connectivity index (χ2n) is 1.96. The molecule has 0 aromatic carbocycles. The number of carboxylic acid groups (broad SMARTS) is 1. The third kappa shape index (κ3) is 2.05. The molecule has 0 fully saturated rings. The minimum atomic E-state index is -0.908. The molecule has 1 heterocycles. The van der Waals surface area contributed by atoms with Gasteiger partial charge in [0.25, 0.3) is 0 Å². The fraction of sp³-hybridized carbons (Fsp3) is 0.333. The summed E-state index contributed by atoms with van der Waals surface area (Å²) in [5.41, 5.74) is 0.599. The van der Waals surface area contributed by atoms with Crippen LogP contribution >= 0.6 is 43.2 Å². The molecule has 1 aromatic heterocycles. The molecule has 0 unspecified atom stereocenters. The predicted octanol–water partition coefficient (Wildman–Crippen LogP) is 2.63. The molecule has 0 bridgehead atoms. The molecule has 12 heavy (non-hydrogen) atoms. The highest BCUT2D eigenvalue weighted by Crippen LogP contribution is 2.22. The largest absolute Gasteiger partial charge is 0.477 e. The van der Waals surface area contributed by atoms with Crippen molar-refractivity contribution in [1.29, 1.82) is 0 Å². The Morgan fingerprint density at radius 2 is 2.17 bits per heavy atom. The van der Waals surface area contributed by atoms with Gasteiger partial charge in [0.05, 0.1) is 11.0 Å². The van der Waals surface area contributed by atoms with Gasteiger partial charge in [0, 0.05) is 5.33 Å². The number of hydrogen-bond acceptors (Lipinski definition) is 3. The molecule has 0 aliphatic heterocycles. The van der Waals surface area contributed by atoms with E-state index in [0.717, 1.165) is 5.01 Å². The fourth-order valence-corrected chi connectivity index (χ4v) is 2.54. The molecule has 1 N–H and O–H groups in total. The van der Waals surface area contributed by atoms with Crippen molar-refractivity contribution in [2.24, 2.45) is 0 Å². The van der Waals surface area contributed by atoms with Crippen molar-refractivity contribution in [1.82, 2.24) is 4.98 Å². The summed E-state index contributed by atoms with van der Waals surface area (Å²) in [7, 11) is 0. The molecule has 0 atom stereocenters. The normalized spacial score (nSPS) is 10.2. The third-order valence-electron chi connectivity index (χ3n) is 1.18. The standard InChI is InChI=1S/C6H5Br2NO2S/c7-1-3-5(6(10)11)12-4(2-8)9-3/h1-2H2,(H,10,11). The Morgan fingerprint density at radius 1 is 1.50 bits per heavy atom. The van der Waals surface area contributed by atoms with Crippen LogP contribution in [0.25, 0.3) is 0 Å². The van der Waals surface area contributed by atoms with Gasteiger partial charge < -0.3 is 5.11 Å². The number of halogens is 2. The number of nitrogens with zero attached hydrogens (tertiary/aromatic N) is 1. The second-order valence-corrected chi connectivity index (χ2v) is 4.16. The summed E-state index contributed by atoms with van der Waals surface area (Å²) in [6, 6.07) is 0. The molecular formula is C6H5Br2NO2S. The number of carbonyl (C=O) groups is 1. The van der Waals surface area contributed by atoms with E-state index in [1.807, 2.05) is 0 Å². The maximum absolute atomic E-state index is 10.6. The molecule has 6 heteroatoms. The van der Waals surface area contributed by atoms with Gasteiger partial charge in [0.1, 0.15) is 9.88 Å². The first kappa shape index (κ1) is 10.1. The van der Waals surface area contributed by atoms with E-state index in [-0.39, 0.29) is 0 Å². The van der Waals surface area contributed by atoms with Crippen LogP contribution in [0.3, 0.4) is 0 Å². The highest BCUT2D eigenvalue weighted by molar-refractivity contribution is 9.08. The van der Waals surface area contributed by atoms with Gasteiger partial charge >= 0.3 is 5.97 Å². The Hall–Kier alpha value is 0.0600. The summed E-state index contributed by atoms with van der Waals surface area (Å²) < 4.78 is 0. The number of hydrogen-bond donors (Lipinski definition) is 1. The van der Waals surface area contributed by atoms with E-state index in [0.29, 0.717) is 21.2 Å². The molecule has 1 rings (SSSR count). The molecule has 0 amide bonds. The van der Waals surface area contributed by atoms with E-state index >= 15 is 0 Å². The molecule has 0 spiro atoms. The van der Waals surface area contributed by atoms with Crippen molar-refractivity contribution in [3.63, 3.8) is 0 Å². The topological polar surface area (TPSA) is 50.2 Å². The van der Waals surface area contributed by atoms with Crippen LogP contribution in [0.2, 0.25) is 0 Å². The minimum Gasteiger partial charge on any atom is -0.477 e. The zero-order chi connectivity index (χ0) is 9.14. The van der Waals surface area contributed by atoms with Crippen molar-refractivity contribution in [3.8, 4) is 0 Å². The maximum atomic E-state index is 10.6. The number of aromatic nitrogens is 1. The zero-order valence-electron chi connectivity index (χ0n) is 5.88. The molecule has 0 saturated carbocycles. The van der Waals surface area contributed by atoms with Crippen molar-refractivity contribution >= 4 is 49.2 Å². The Morgan fingerprint density at radius 3 is 2.50 bits per heavy atom. The summed E-state index contributed by atoms with van der Waals surface area (Å²) >= 11 is 7.61. The lowest BCUT2D eigenvalue weighted by molar-refractivity contribution is 0.0701. The van der Waals surface area contributed by atoms with Crippen molar-refractivity contribution in [2.75, 3.05) is 0 Å². The average molecular weight is 315 g/mol. The summed E-state index contributed by atoms with van der Waals surface area (Å²) in [5.74, 6) is -0.908. The lowest BCUT2D eigenvalue weighted by atomic mass is 10.4. The Balaban J connectivity index is 3.08. The highest BCUT2D eigenvalue weighted by Gasteiger charge is 2.15. The van der Waals surface area contributed by atoms with Crippen LogP contribution in [0, 0.1) is 0 Å². The fourth-order valence-electron chi connectivity index (χ4n) is 0.716. The molecule has 0 aliphatic rings. The molecule has 0 aliphatic carbocycles. The SMILES string of the molecule is O=C(O)c1sc(CBr)nc1CBr. The summed E-state index contributed by atoms with van der Waals surface area (Å²) in [5, 5.41) is 10.6. The molecular weight excluding hydrogens is 310 g/mol. The number of aromatic carboxylic acids is 1. The number of carboxylic acids is 1. The van der Waals surface area contributed by atoms with Gasteiger partial charge in [-0.25, -0.2) is 9.78 Å². The third-order valence-corrected chi connectivity index (χ3v) is 3.70. The van der Waals surface area contributed by atoms with Crippen molar-refractivity contribution in [3.05, 3.63) is 15.6 Å². The molecule has 1 aromatic rings. The van der Waals surface area contributed by atoms with Crippen LogP contribution in [-0.2, 0) is 10.7 Å². The number of alkyl halides is 2. The number of rotatable bonds is 3. The van der Waals surface area contributed by atoms with Gasteiger partial charge in [0.15, 0.2) is 0 Å². The first-order chi connectivity index (χ1) is 5.69. The van der Waals surface area contributed by atoms with E-state index in [2.05, 4.69) is 36.8 Å². The van der Waals surface area contributed by atoms with E-state index in [9.17, 15) is 4.79 Å². The zero-order valence-corrected chi connectivity index (χ0v) is 9.87. The first-order valence-electron chi connectivity index (χ1n) is 3.02. The van der Waals surface area contributed by atoms with E-state index in [1.54, 1.807) is 0 Å². The second kappa shape index (κ2) is 4.34. The lowest BCUT2D eigenvalue weighted by Crippen LogP contribution is -1.96. The lowest BCUT2D eigenvalue weighted by Gasteiger charge is -1.88. The summed E-state index contributed by atoms with van der Waals surface area (Å²) in [6.07, 6.45) is 0. The van der Waals surface area contributed by atoms with Gasteiger partial charge in [-0.2, -0.15) is 0 Å². The van der Waals surface area contributed by atoms with Crippen molar-refractivity contribution < 1.29 is 9.90 Å². The van der Waals surface area contributed by atoms with Crippen LogP contribution in [0.15, 0.2) is 0 Å². The minimum absolute atomic E-state index is 0.321. The van der Waals surface area contributed by atoms with E-state index in [4.69, 9.17) is 5.11 Å². The average Bonchev–Trinajstić information content (AvgIpc) is 2.47. The Kier molecular flexibility index (Phi) is 3.67. The van der Waals surface area contributed by atoms with Gasteiger partial charge in [-0.05, 0) is 0 Å².